The van der Waals surface area contributed by atoms with Crippen LogP contribution in [-0.2, 0) is 11.3 Å². The third-order valence-electron chi connectivity index (χ3n) is 6.20. The first-order valence-electron chi connectivity index (χ1n) is 11.6. The molecule has 1 unspecified atom stereocenters. The fraction of sp³-hybridized carbons (Fsp3) is 0.440. The Hall–Kier alpha value is -3.10. The van der Waals surface area contributed by atoms with Crippen LogP contribution in [0.15, 0.2) is 42.9 Å². The summed E-state index contributed by atoms with van der Waals surface area (Å²) < 4.78 is 7.59. The molecule has 8 nitrogen and oxygen atoms in total. The Labute approximate surface area is 194 Å². The van der Waals surface area contributed by atoms with Gasteiger partial charge in [-0.2, -0.15) is 5.10 Å². The molecular formula is C25H31N7O. The Bertz CT molecular complexity index is 1250. The van der Waals surface area contributed by atoms with Crippen molar-refractivity contribution in [1.82, 2.24) is 34.4 Å². The molecule has 0 saturated carbocycles. The second kappa shape index (κ2) is 8.68. The van der Waals surface area contributed by atoms with Crippen molar-refractivity contribution in [1.29, 1.82) is 0 Å². The van der Waals surface area contributed by atoms with E-state index in [1.165, 1.54) is 0 Å². The van der Waals surface area contributed by atoms with Gasteiger partial charge >= 0.3 is 0 Å². The zero-order chi connectivity index (χ0) is 23.0. The maximum Gasteiger partial charge on any atom is 0.155 e. The van der Waals surface area contributed by atoms with Gasteiger partial charge in [0.05, 0.1) is 30.2 Å². The van der Waals surface area contributed by atoms with Crippen LogP contribution < -0.4 is 0 Å². The Kier molecular flexibility index (Phi) is 5.72. The quantitative estimate of drug-likeness (QED) is 0.494. The van der Waals surface area contributed by atoms with E-state index in [-0.39, 0.29) is 5.54 Å². The van der Waals surface area contributed by atoms with Crippen LogP contribution in [-0.4, -0.2) is 59.2 Å². The highest BCUT2D eigenvalue weighted by Gasteiger charge is 2.31. The molecule has 1 fully saturated rings. The van der Waals surface area contributed by atoms with Crippen LogP contribution in [0.4, 0.5) is 0 Å². The van der Waals surface area contributed by atoms with Crippen molar-refractivity contribution in [3.8, 4) is 22.6 Å². The molecule has 4 aromatic rings. The van der Waals surface area contributed by atoms with Crippen molar-refractivity contribution in [3.63, 3.8) is 0 Å². The molecule has 1 atom stereocenters. The zero-order valence-electron chi connectivity index (χ0n) is 19.7. The van der Waals surface area contributed by atoms with E-state index in [0.717, 1.165) is 65.9 Å². The summed E-state index contributed by atoms with van der Waals surface area (Å²) >= 11 is 0. The van der Waals surface area contributed by atoms with E-state index in [2.05, 4.69) is 40.7 Å². The largest absolute Gasteiger partial charge is 0.380 e. The van der Waals surface area contributed by atoms with Crippen LogP contribution in [0, 0.1) is 6.92 Å². The van der Waals surface area contributed by atoms with E-state index in [9.17, 15) is 0 Å². The van der Waals surface area contributed by atoms with E-state index < -0.39 is 0 Å². The van der Waals surface area contributed by atoms with Gasteiger partial charge in [0.25, 0.3) is 0 Å². The second-order valence-electron chi connectivity index (χ2n) is 9.72. The summed E-state index contributed by atoms with van der Waals surface area (Å²) in [4.78, 5) is 20.2. The van der Waals surface area contributed by atoms with E-state index in [1.54, 1.807) is 10.8 Å². The Balaban J connectivity index is 1.57. The molecular weight excluding hydrogens is 414 g/mol. The Morgan fingerprint density at radius 1 is 1.18 bits per heavy atom. The number of aromatic nitrogens is 6. The molecule has 33 heavy (non-hydrogen) atoms. The molecule has 5 heterocycles. The minimum Gasteiger partial charge on any atom is -0.380 e. The highest BCUT2D eigenvalue weighted by atomic mass is 16.5. The van der Waals surface area contributed by atoms with Crippen molar-refractivity contribution in [2.24, 2.45) is 0 Å². The number of hydrogen-bond acceptors (Lipinski definition) is 6. The number of aryl methyl sites for hydroxylation is 1. The highest BCUT2D eigenvalue weighted by molar-refractivity contribution is 5.77. The van der Waals surface area contributed by atoms with Crippen LogP contribution in [0.3, 0.4) is 0 Å². The average molecular weight is 446 g/mol. The van der Waals surface area contributed by atoms with Crippen molar-refractivity contribution in [2.75, 3.05) is 13.2 Å². The molecule has 0 radical (unpaired) electrons. The number of rotatable bonds is 5. The maximum atomic E-state index is 5.81. The second-order valence-corrected chi connectivity index (χ2v) is 9.72. The summed E-state index contributed by atoms with van der Waals surface area (Å²) in [5, 5.41) is 4.30. The molecule has 1 aliphatic heterocycles. The topological polar surface area (TPSA) is 84.2 Å². The number of hydrogen-bond donors (Lipinski definition) is 1. The van der Waals surface area contributed by atoms with Crippen LogP contribution in [0.1, 0.15) is 45.1 Å². The van der Waals surface area contributed by atoms with Crippen molar-refractivity contribution in [3.05, 3.63) is 54.4 Å². The Morgan fingerprint density at radius 3 is 2.82 bits per heavy atom. The molecule has 1 saturated heterocycles. The maximum absolute atomic E-state index is 5.81. The van der Waals surface area contributed by atoms with Crippen LogP contribution in [0.2, 0.25) is 0 Å². The highest BCUT2D eigenvalue weighted by Crippen LogP contribution is 2.31. The first-order valence-corrected chi connectivity index (χ1v) is 11.6. The fourth-order valence-corrected chi connectivity index (χ4v) is 4.58. The lowest BCUT2D eigenvalue weighted by Gasteiger charge is -2.42. The number of nitrogens with zero attached hydrogens (tertiary/aromatic N) is 6. The lowest BCUT2D eigenvalue weighted by atomic mass is 9.99. The number of ether oxygens (including phenoxy) is 1. The van der Waals surface area contributed by atoms with Gasteiger partial charge in [0, 0.05) is 35.6 Å². The molecule has 5 rings (SSSR count). The lowest BCUT2D eigenvalue weighted by molar-refractivity contribution is -0.0246. The van der Waals surface area contributed by atoms with Crippen molar-refractivity contribution in [2.45, 2.75) is 58.7 Å². The van der Waals surface area contributed by atoms with Gasteiger partial charge in [0.1, 0.15) is 12.2 Å². The van der Waals surface area contributed by atoms with E-state index in [4.69, 9.17) is 14.7 Å². The summed E-state index contributed by atoms with van der Waals surface area (Å²) in [6.45, 7) is 11.1. The average Bonchev–Trinajstić information content (AvgIpc) is 3.44. The predicted molar refractivity (Wildman–Crippen MR) is 128 cm³/mol. The molecule has 0 bridgehead atoms. The van der Waals surface area contributed by atoms with E-state index in [1.807, 2.05) is 43.5 Å². The molecule has 1 aliphatic rings. The minimum absolute atomic E-state index is 0.0142. The number of pyridine rings is 2. The van der Waals surface area contributed by atoms with Crippen molar-refractivity contribution >= 4 is 5.65 Å². The molecule has 8 heteroatoms. The minimum atomic E-state index is -0.0142. The third-order valence-corrected chi connectivity index (χ3v) is 6.20. The number of aromatic amines is 1. The monoisotopic (exact) mass is 445 g/mol. The van der Waals surface area contributed by atoms with Gasteiger partial charge in [-0.05, 0) is 64.8 Å². The predicted octanol–water partition coefficient (Wildman–Crippen LogP) is 4.27. The number of imidazole rings is 1. The summed E-state index contributed by atoms with van der Waals surface area (Å²) in [5.41, 5.74) is 5.40. The van der Waals surface area contributed by atoms with E-state index >= 15 is 0 Å². The zero-order valence-corrected chi connectivity index (χ0v) is 19.7. The van der Waals surface area contributed by atoms with Crippen LogP contribution >= 0.6 is 0 Å². The molecule has 172 valence electrons. The van der Waals surface area contributed by atoms with Gasteiger partial charge in [-0.15, -0.1) is 0 Å². The fourth-order valence-electron chi connectivity index (χ4n) is 4.58. The van der Waals surface area contributed by atoms with E-state index in [0.29, 0.717) is 12.6 Å². The molecule has 0 spiro atoms. The van der Waals surface area contributed by atoms with Crippen LogP contribution in [0.5, 0.6) is 0 Å². The molecule has 1 N–H and O–H groups in total. The summed E-state index contributed by atoms with van der Waals surface area (Å²) in [5.74, 6) is 0.919. The normalized spacial score (nSPS) is 17.2. The third kappa shape index (κ3) is 4.54. The number of H-pyrrole nitrogens is 1. The van der Waals surface area contributed by atoms with Crippen LogP contribution in [0.25, 0.3) is 28.3 Å². The summed E-state index contributed by atoms with van der Waals surface area (Å²) in [7, 11) is 0. The number of nitrogens with one attached hydrogen (secondary N) is 1. The first kappa shape index (κ1) is 21.7. The molecule has 0 aliphatic carbocycles. The van der Waals surface area contributed by atoms with Gasteiger partial charge in [-0.25, -0.2) is 14.5 Å². The lowest BCUT2D eigenvalue weighted by Crippen LogP contribution is -2.50. The van der Waals surface area contributed by atoms with Gasteiger partial charge in [-0.1, -0.05) is 6.07 Å². The summed E-state index contributed by atoms with van der Waals surface area (Å²) in [6.07, 6.45) is 5.76. The van der Waals surface area contributed by atoms with Crippen molar-refractivity contribution < 1.29 is 4.74 Å². The Morgan fingerprint density at radius 2 is 2.06 bits per heavy atom. The molecule has 4 aromatic heterocycles. The molecule has 0 amide bonds. The standard InChI is InChI=1S/C25H31N7O/c1-17-7-5-9-20(28-17)24-23(18-10-11-22-26-16-27-32(22)13-18)29-21(30-24)14-31(25(2,3)4)19-8-6-12-33-15-19/h5,7,9-11,13,16,19H,6,8,12,14-15H2,1-4H3,(H,29,30). The van der Waals surface area contributed by atoms with Gasteiger partial charge in [-0.3, -0.25) is 9.88 Å². The number of fused-ring (bicyclic) bond motifs is 1. The van der Waals surface area contributed by atoms with Gasteiger partial charge < -0.3 is 9.72 Å². The SMILES string of the molecule is Cc1cccc(-c2[nH]c(CN(C3CCCOC3)C(C)(C)C)nc2-c2ccc3ncnn3c2)n1. The summed E-state index contributed by atoms with van der Waals surface area (Å²) in [6, 6.07) is 10.4. The molecule has 0 aromatic carbocycles. The first-order chi connectivity index (χ1) is 15.9. The smallest absolute Gasteiger partial charge is 0.155 e. The van der Waals surface area contributed by atoms with Gasteiger partial charge in [0.15, 0.2) is 5.65 Å². The van der Waals surface area contributed by atoms with Gasteiger partial charge in [0.2, 0.25) is 0 Å².